The second kappa shape index (κ2) is 19.4. The number of aromatic carboxylic acids is 1. The van der Waals surface area contributed by atoms with Crippen molar-refractivity contribution in [3.8, 4) is 28.2 Å². The van der Waals surface area contributed by atoms with Gasteiger partial charge < -0.3 is 50.5 Å². The normalized spacial score (nSPS) is 12.2. The van der Waals surface area contributed by atoms with E-state index in [0.717, 1.165) is 0 Å². The number of imide groups is 1. The van der Waals surface area contributed by atoms with Crippen LogP contribution in [0.25, 0.3) is 44.2 Å². The molecule has 3 aliphatic rings. The predicted octanol–water partition coefficient (Wildman–Crippen LogP) is 5.27. The van der Waals surface area contributed by atoms with Crippen LogP contribution in [0.5, 0.6) is 5.75 Å². The number of esters is 1. The lowest BCUT2D eigenvalue weighted by Crippen LogP contribution is -2.42. The van der Waals surface area contributed by atoms with E-state index in [1.807, 2.05) is 6.07 Å². The summed E-state index contributed by atoms with van der Waals surface area (Å²) in [6, 6.07) is 21.0. The SMILES string of the molecule is NCCOCCOCCN1C(=O)c2cccc3c(NCCCC(=O)OCCNC(=O)Nc4ccc(-c5c6ccc(=O)cc-6oc6cc(O)ccc56)c(C(=O)O)c4)ccc(c23)C1=O. The van der Waals surface area contributed by atoms with Crippen LogP contribution in [0.2, 0.25) is 0 Å². The quantitative estimate of drug-likeness (QED) is 0.0263. The van der Waals surface area contributed by atoms with Crippen molar-refractivity contribution in [1.82, 2.24) is 10.2 Å². The van der Waals surface area contributed by atoms with Crippen molar-refractivity contribution in [1.29, 1.82) is 0 Å². The van der Waals surface area contributed by atoms with Crippen molar-refractivity contribution in [2.45, 2.75) is 12.8 Å². The maximum Gasteiger partial charge on any atom is 0.336 e. The average Bonchev–Trinajstić information content (AvgIpc) is 3.25. The van der Waals surface area contributed by atoms with E-state index in [9.17, 15) is 39.0 Å². The number of phenolic OH excluding ortho intramolecular Hbond substituents is 1. The molecule has 17 nitrogen and oxygen atoms in total. The number of carbonyl (C=O) groups excluding carboxylic acids is 4. The fourth-order valence-corrected chi connectivity index (χ4v) is 7.26. The van der Waals surface area contributed by atoms with Gasteiger partial charge in [0.25, 0.3) is 11.8 Å². The van der Waals surface area contributed by atoms with Crippen LogP contribution < -0.4 is 27.1 Å². The molecule has 1 aliphatic carbocycles. The molecule has 17 heteroatoms. The van der Waals surface area contributed by atoms with Crippen molar-refractivity contribution in [2.75, 3.05) is 69.8 Å². The molecule has 0 spiro atoms. The van der Waals surface area contributed by atoms with Crippen LogP contribution in [0.4, 0.5) is 16.2 Å². The Hall–Kier alpha value is -7.34. The number of benzene rings is 5. The number of ether oxygens (including phenoxy) is 3. The van der Waals surface area contributed by atoms with Gasteiger partial charge in [0.15, 0.2) is 5.43 Å². The molecule has 2 heterocycles. The number of amides is 4. The summed E-state index contributed by atoms with van der Waals surface area (Å²) in [4.78, 5) is 77.7. The van der Waals surface area contributed by atoms with E-state index in [2.05, 4.69) is 16.0 Å². The Kier molecular flexibility index (Phi) is 13.4. The van der Waals surface area contributed by atoms with E-state index >= 15 is 0 Å². The van der Waals surface area contributed by atoms with Crippen LogP contribution in [0.15, 0.2) is 94.1 Å². The molecule has 0 unspecified atom stereocenters. The Labute approximate surface area is 353 Å². The molecule has 62 heavy (non-hydrogen) atoms. The fraction of sp³-hybridized carbons (Fsp3) is 0.244. The molecular weight excluding hydrogens is 803 g/mol. The van der Waals surface area contributed by atoms with E-state index < -0.39 is 29.8 Å². The molecular formula is C45H43N5O12. The number of anilines is 2. The second-order valence-corrected chi connectivity index (χ2v) is 14.2. The lowest BCUT2D eigenvalue weighted by molar-refractivity contribution is -0.143. The van der Waals surface area contributed by atoms with E-state index in [1.165, 1.54) is 47.4 Å². The Bertz CT molecular complexity index is 2690. The van der Waals surface area contributed by atoms with E-state index in [-0.39, 0.29) is 66.5 Å². The molecule has 0 bridgehead atoms. The number of carboxylic acid groups (broad SMARTS) is 1. The molecule has 0 radical (unpaired) electrons. The van der Waals surface area contributed by atoms with Crippen LogP contribution in [-0.4, -0.2) is 104 Å². The van der Waals surface area contributed by atoms with E-state index in [1.54, 1.807) is 36.4 Å². The summed E-state index contributed by atoms with van der Waals surface area (Å²) < 4.78 is 22.0. The van der Waals surface area contributed by atoms with Gasteiger partial charge in [0.1, 0.15) is 23.7 Å². The summed E-state index contributed by atoms with van der Waals surface area (Å²) >= 11 is 0. The molecule has 0 aromatic heterocycles. The van der Waals surface area contributed by atoms with Gasteiger partial charge in [-0.2, -0.15) is 0 Å². The number of urea groups is 1. The highest BCUT2D eigenvalue weighted by Gasteiger charge is 2.33. The lowest BCUT2D eigenvalue weighted by Gasteiger charge is -2.27. The number of nitrogens with one attached hydrogen (secondary N) is 3. The number of rotatable bonds is 19. The number of nitrogens with two attached hydrogens (primary N) is 1. The Morgan fingerprint density at radius 2 is 1.52 bits per heavy atom. The number of aromatic hydroxyl groups is 1. The first-order valence-corrected chi connectivity index (χ1v) is 19.8. The molecule has 0 atom stereocenters. The van der Waals surface area contributed by atoms with Gasteiger partial charge >= 0.3 is 18.0 Å². The van der Waals surface area contributed by atoms with Crippen molar-refractivity contribution >= 4 is 62.9 Å². The number of hydrogen-bond acceptors (Lipinski definition) is 13. The maximum absolute atomic E-state index is 13.3. The minimum Gasteiger partial charge on any atom is -0.508 e. The third-order valence-corrected chi connectivity index (χ3v) is 10.1. The van der Waals surface area contributed by atoms with Gasteiger partial charge in [0, 0.05) is 81.4 Å². The standard InChI is InChI=1S/C45H43N5O12/c46-14-18-59-21-22-60-20-17-50-42(54)33-4-1-3-30-36(13-12-34(41(30)33)43(50)55)47-15-2-5-39(53)61-19-16-48-45(58)49-26-6-9-29(35(23-26)44(56)57)40-31-10-7-27(51)24-37(31)62-38-25-28(52)8-11-32(38)40/h1,3-4,6-13,23-25,47,51H,2,5,14-22,46H2,(H,56,57)(H2,48,49,58). The van der Waals surface area contributed by atoms with Crippen molar-refractivity contribution in [2.24, 2.45) is 5.73 Å². The smallest absolute Gasteiger partial charge is 0.336 e. The molecule has 2 aliphatic heterocycles. The molecule has 0 saturated carbocycles. The third kappa shape index (κ3) is 9.49. The third-order valence-electron chi connectivity index (χ3n) is 10.1. The number of fused-ring (bicyclic) bond motifs is 2. The molecule has 7 rings (SSSR count). The first-order valence-electron chi connectivity index (χ1n) is 19.8. The monoisotopic (exact) mass is 845 g/mol. The number of carboxylic acids is 1. The van der Waals surface area contributed by atoms with Crippen LogP contribution in [0.1, 0.15) is 43.9 Å². The topological polar surface area (TPSA) is 249 Å². The van der Waals surface area contributed by atoms with Gasteiger partial charge in [-0.3, -0.25) is 24.1 Å². The predicted molar refractivity (Wildman–Crippen MR) is 229 cm³/mol. The van der Waals surface area contributed by atoms with Crippen molar-refractivity contribution in [3.05, 3.63) is 112 Å². The summed E-state index contributed by atoms with van der Waals surface area (Å²) in [7, 11) is 0. The minimum atomic E-state index is -1.27. The highest BCUT2D eigenvalue weighted by Crippen LogP contribution is 2.42. The van der Waals surface area contributed by atoms with Gasteiger partial charge in [-0.15, -0.1) is 0 Å². The summed E-state index contributed by atoms with van der Waals surface area (Å²) in [5, 5.41) is 30.5. The molecule has 7 N–H and O–H groups in total. The molecule has 320 valence electrons. The zero-order valence-electron chi connectivity index (χ0n) is 33.4. The Morgan fingerprint density at radius 3 is 2.31 bits per heavy atom. The molecule has 0 saturated heterocycles. The lowest BCUT2D eigenvalue weighted by atomic mass is 9.90. The number of nitrogens with zero attached hydrogens (tertiary/aromatic N) is 1. The zero-order valence-corrected chi connectivity index (χ0v) is 33.4. The molecule has 0 fully saturated rings. The second-order valence-electron chi connectivity index (χ2n) is 14.2. The first-order chi connectivity index (χ1) is 30.0. The van der Waals surface area contributed by atoms with Gasteiger partial charge in [-0.1, -0.05) is 18.2 Å². The zero-order chi connectivity index (χ0) is 43.8. The van der Waals surface area contributed by atoms with Gasteiger partial charge in [0.2, 0.25) is 0 Å². The summed E-state index contributed by atoms with van der Waals surface area (Å²) in [5.74, 6) is -2.43. The molecule has 4 amide bonds. The first kappa shape index (κ1) is 42.8. The number of hydrogen-bond donors (Lipinski definition) is 6. The van der Waals surface area contributed by atoms with Gasteiger partial charge in [-0.05, 0) is 66.6 Å². The minimum absolute atomic E-state index is 0.0213. The summed E-state index contributed by atoms with van der Waals surface area (Å²) in [6.07, 6.45) is 0.489. The highest BCUT2D eigenvalue weighted by molar-refractivity contribution is 6.26. The summed E-state index contributed by atoms with van der Waals surface area (Å²) in [6.45, 7) is 2.04. The van der Waals surface area contributed by atoms with Gasteiger partial charge in [-0.25, -0.2) is 9.59 Å². The van der Waals surface area contributed by atoms with Crippen molar-refractivity contribution in [3.63, 3.8) is 0 Å². The fourth-order valence-electron chi connectivity index (χ4n) is 7.26. The largest absolute Gasteiger partial charge is 0.508 e. The van der Waals surface area contributed by atoms with E-state index in [0.29, 0.717) is 89.0 Å². The summed E-state index contributed by atoms with van der Waals surface area (Å²) in [5.41, 5.74) is 8.13. The molecule has 4 aromatic rings. The maximum atomic E-state index is 13.3. The average molecular weight is 846 g/mol. The van der Waals surface area contributed by atoms with Crippen LogP contribution in [-0.2, 0) is 19.0 Å². The molecule has 4 aromatic carbocycles. The van der Waals surface area contributed by atoms with Crippen LogP contribution in [0, 0.1) is 0 Å². The van der Waals surface area contributed by atoms with Crippen LogP contribution in [0.3, 0.4) is 0 Å². The Morgan fingerprint density at radius 1 is 0.758 bits per heavy atom. The van der Waals surface area contributed by atoms with Gasteiger partial charge in [0.05, 0.1) is 45.1 Å². The van der Waals surface area contributed by atoms with Crippen LogP contribution >= 0.6 is 0 Å². The number of phenols is 1. The Balaban J connectivity index is 0.878. The van der Waals surface area contributed by atoms with E-state index in [4.69, 9.17) is 24.4 Å². The number of carbonyl (C=O) groups is 5. The van der Waals surface area contributed by atoms with Crippen molar-refractivity contribution < 1.29 is 52.8 Å². The highest BCUT2D eigenvalue weighted by atomic mass is 16.5.